The van der Waals surface area contributed by atoms with Gasteiger partial charge in [-0.15, -0.1) is 0 Å². The minimum Gasteiger partial charge on any atom is -0.192 e. The predicted octanol–water partition coefficient (Wildman–Crippen LogP) is 2.05. The number of nitriles is 2. The molecular formula is C10H6N4S. The molecule has 1 aromatic heterocycles. The van der Waals surface area contributed by atoms with Gasteiger partial charge in [0, 0.05) is 0 Å². The van der Waals surface area contributed by atoms with Crippen molar-refractivity contribution >= 4 is 22.8 Å². The highest BCUT2D eigenvalue weighted by atomic mass is 32.1. The molecule has 0 aliphatic heterocycles. The summed E-state index contributed by atoms with van der Waals surface area (Å²) in [5.74, 6) is 0. The maximum atomic E-state index is 9.01. The van der Waals surface area contributed by atoms with Crippen LogP contribution in [0.15, 0.2) is 0 Å². The first kappa shape index (κ1) is 9.57. The second-order valence-corrected chi connectivity index (χ2v) is 3.71. The third kappa shape index (κ3) is 1.18. The van der Waals surface area contributed by atoms with Gasteiger partial charge in [-0.2, -0.15) is 19.3 Å². The molecule has 0 aliphatic carbocycles. The molecule has 0 radical (unpaired) electrons. The van der Waals surface area contributed by atoms with Crippen molar-refractivity contribution in [3.63, 3.8) is 0 Å². The predicted molar refractivity (Wildman–Crippen MR) is 56.3 cm³/mol. The van der Waals surface area contributed by atoms with Gasteiger partial charge in [-0.1, -0.05) is 0 Å². The van der Waals surface area contributed by atoms with E-state index >= 15 is 0 Å². The van der Waals surface area contributed by atoms with Crippen molar-refractivity contribution in [1.82, 2.24) is 8.75 Å². The standard InChI is InChI=1S/C10H6N4S/c1-5-7(3-11)8(4-12)6(2)10-9(5)13-15-14-10/h1-2H3. The van der Waals surface area contributed by atoms with Crippen molar-refractivity contribution in [1.29, 1.82) is 10.5 Å². The molecule has 0 bridgehead atoms. The van der Waals surface area contributed by atoms with Gasteiger partial charge in [-0.05, 0) is 25.0 Å². The Morgan fingerprint density at radius 1 is 0.933 bits per heavy atom. The fourth-order valence-corrected chi connectivity index (χ4v) is 2.22. The van der Waals surface area contributed by atoms with E-state index < -0.39 is 0 Å². The first-order valence-corrected chi connectivity index (χ1v) is 4.99. The number of aryl methyl sites for hydroxylation is 2. The SMILES string of the molecule is Cc1c(C#N)c(C#N)c(C)c2nsnc12. The largest absolute Gasteiger partial charge is 0.192 e. The fraction of sp³-hybridized carbons (Fsp3) is 0.200. The molecule has 4 nitrogen and oxygen atoms in total. The lowest BCUT2D eigenvalue weighted by Gasteiger charge is -2.04. The van der Waals surface area contributed by atoms with E-state index in [4.69, 9.17) is 10.5 Å². The number of nitrogens with zero attached hydrogens (tertiary/aromatic N) is 4. The lowest BCUT2D eigenvalue weighted by atomic mass is 9.97. The Morgan fingerprint density at radius 3 is 1.67 bits per heavy atom. The molecule has 0 saturated carbocycles. The van der Waals surface area contributed by atoms with Gasteiger partial charge >= 0.3 is 0 Å². The van der Waals surface area contributed by atoms with Gasteiger partial charge in [-0.25, -0.2) is 0 Å². The number of aromatic nitrogens is 2. The zero-order valence-corrected chi connectivity index (χ0v) is 9.01. The van der Waals surface area contributed by atoms with Crippen molar-refractivity contribution in [2.45, 2.75) is 13.8 Å². The molecule has 0 fully saturated rings. The highest BCUT2D eigenvalue weighted by Crippen LogP contribution is 2.27. The van der Waals surface area contributed by atoms with Gasteiger partial charge < -0.3 is 0 Å². The van der Waals surface area contributed by atoms with E-state index in [9.17, 15) is 0 Å². The van der Waals surface area contributed by atoms with Crippen LogP contribution in [0.25, 0.3) is 11.0 Å². The quantitative estimate of drug-likeness (QED) is 0.672. The summed E-state index contributed by atoms with van der Waals surface area (Å²) in [7, 11) is 0. The van der Waals surface area contributed by atoms with Crippen LogP contribution in [0.5, 0.6) is 0 Å². The molecule has 0 N–H and O–H groups in total. The van der Waals surface area contributed by atoms with Crippen LogP contribution in [-0.4, -0.2) is 8.75 Å². The Kier molecular flexibility index (Phi) is 2.11. The zero-order valence-electron chi connectivity index (χ0n) is 8.20. The summed E-state index contributed by atoms with van der Waals surface area (Å²) >= 11 is 1.10. The summed E-state index contributed by atoms with van der Waals surface area (Å²) in [6, 6.07) is 4.10. The van der Waals surface area contributed by atoms with Crippen molar-refractivity contribution in [2.24, 2.45) is 0 Å². The molecule has 0 spiro atoms. The second kappa shape index (κ2) is 3.30. The van der Waals surface area contributed by atoms with Crippen molar-refractivity contribution in [3.05, 3.63) is 22.3 Å². The summed E-state index contributed by atoms with van der Waals surface area (Å²) in [6.07, 6.45) is 0. The molecule has 0 saturated heterocycles. The summed E-state index contributed by atoms with van der Waals surface area (Å²) in [5.41, 5.74) is 3.76. The van der Waals surface area contributed by atoms with Crippen LogP contribution in [-0.2, 0) is 0 Å². The number of fused-ring (bicyclic) bond motifs is 1. The Labute approximate surface area is 90.7 Å². The number of hydrogen-bond acceptors (Lipinski definition) is 5. The number of rotatable bonds is 0. The zero-order chi connectivity index (χ0) is 11.0. The minimum atomic E-state index is 0.412. The maximum absolute atomic E-state index is 9.01. The minimum absolute atomic E-state index is 0.412. The Balaban J connectivity index is 3.07. The molecule has 0 unspecified atom stereocenters. The topological polar surface area (TPSA) is 73.4 Å². The molecule has 15 heavy (non-hydrogen) atoms. The Hall–Kier alpha value is -1.98. The van der Waals surface area contributed by atoms with Crippen LogP contribution < -0.4 is 0 Å². The first-order chi connectivity index (χ1) is 7.20. The molecule has 72 valence electrons. The molecule has 2 aromatic rings. The van der Waals surface area contributed by atoms with Gasteiger partial charge in [-0.3, -0.25) is 0 Å². The normalized spacial score (nSPS) is 9.87. The van der Waals surface area contributed by atoms with E-state index in [2.05, 4.69) is 20.9 Å². The molecule has 2 rings (SSSR count). The van der Waals surface area contributed by atoms with Crippen molar-refractivity contribution in [3.8, 4) is 12.1 Å². The molecule has 5 heteroatoms. The molecule has 0 atom stereocenters. The van der Waals surface area contributed by atoms with Gasteiger partial charge in [0.25, 0.3) is 0 Å². The average molecular weight is 214 g/mol. The van der Waals surface area contributed by atoms with Crippen LogP contribution in [0.4, 0.5) is 0 Å². The van der Waals surface area contributed by atoms with Crippen LogP contribution in [0.2, 0.25) is 0 Å². The van der Waals surface area contributed by atoms with Gasteiger partial charge in [0.1, 0.15) is 23.2 Å². The molecular weight excluding hydrogens is 208 g/mol. The van der Waals surface area contributed by atoms with E-state index in [-0.39, 0.29) is 0 Å². The Morgan fingerprint density at radius 2 is 1.33 bits per heavy atom. The summed E-state index contributed by atoms with van der Waals surface area (Å²) < 4.78 is 8.27. The lowest BCUT2D eigenvalue weighted by Crippen LogP contribution is -1.95. The van der Waals surface area contributed by atoms with Gasteiger partial charge in [0.15, 0.2) is 0 Å². The summed E-state index contributed by atoms with van der Waals surface area (Å²) in [6.45, 7) is 3.59. The highest BCUT2D eigenvalue weighted by molar-refractivity contribution is 7.00. The van der Waals surface area contributed by atoms with Crippen molar-refractivity contribution in [2.75, 3.05) is 0 Å². The smallest absolute Gasteiger partial charge is 0.109 e. The fourth-order valence-electron chi connectivity index (χ4n) is 1.57. The van der Waals surface area contributed by atoms with Crippen LogP contribution in [0.3, 0.4) is 0 Å². The van der Waals surface area contributed by atoms with E-state index in [1.54, 1.807) is 13.8 Å². The van der Waals surface area contributed by atoms with E-state index in [0.29, 0.717) is 11.1 Å². The van der Waals surface area contributed by atoms with E-state index in [1.807, 2.05) is 0 Å². The third-order valence-corrected chi connectivity index (χ3v) is 2.95. The van der Waals surface area contributed by atoms with Gasteiger partial charge in [0.05, 0.1) is 22.9 Å². The van der Waals surface area contributed by atoms with Crippen LogP contribution in [0.1, 0.15) is 22.3 Å². The van der Waals surface area contributed by atoms with E-state index in [1.165, 1.54) is 0 Å². The molecule has 0 amide bonds. The Bertz CT molecular complexity index is 573. The number of hydrogen-bond donors (Lipinski definition) is 0. The highest BCUT2D eigenvalue weighted by Gasteiger charge is 2.16. The maximum Gasteiger partial charge on any atom is 0.109 e. The van der Waals surface area contributed by atoms with Crippen LogP contribution in [0, 0.1) is 36.5 Å². The van der Waals surface area contributed by atoms with E-state index in [0.717, 1.165) is 33.9 Å². The second-order valence-electron chi connectivity index (χ2n) is 3.19. The summed E-state index contributed by atoms with van der Waals surface area (Å²) in [4.78, 5) is 0. The monoisotopic (exact) mass is 214 g/mol. The summed E-state index contributed by atoms with van der Waals surface area (Å²) in [5, 5.41) is 18.0. The van der Waals surface area contributed by atoms with Crippen LogP contribution >= 0.6 is 11.7 Å². The average Bonchev–Trinajstić information content (AvgIpc) is 2.72. The third-order valence-electron chi connectivity index (χ3n) is 2.42. The first-order valence-electron chi connectivity index (χ1n) is 4.26. The lowest BCUT2D eigenvalue weighted by molar-refractivity contribution is 1.33. The molecule has 1 heterocycles. The van der Waals surface area contributed by atoms with Gasteiger partial charge in [0.2, 0.25) is 0 Å². The van der Waals surface area contributed by atoms with Crippen molar-refractivity contribution < 1.29 is 0 Å². The molecule has 0 aliphatic rings. The molecule has 1 aromatic carbocycles. The number of benzene rings is 1.